The number of allylic oxidation sites excluding steroid dienone is 10. The Kier molecular flexibility index (Phi) is 3.01. The van der Waals surface area contributed by atoms with Crippen LogP contribution in [0.2, 0.25) is 0 Å². The lowest BCUT2D eigenvalue weighted by Gasteiger charge is -2.11. The normalized spacial score (nSPS) is 21.1. The van der Waals surface area contributed by atoms with E-state index in [9.17, 15) is 4.79 Å². The Bertz CT molecular complexity index is 457. The molecule has 0 fully saturated rings. The summed E-state index contributed by atoms with van der Waals surface area (Å²) < 4.78 is 0. The molecule has 0 N–H and O–H groups in total. The van der Waals surface area contributed by atoms with Gasteiger partial charge < -0.3 is 4.90 Å². The van der Waals surface area contributed by atoms with Crippen LogP contribution in [-0.4, -0.2) is 17.7 Å². The van der Waals surface area contributed by atoms with Gasteiger partial charge in [0, 0.05) is 25.0 Å². The van der Waals surface area contributed by atoms with E-state index in [1.54, 1.807) is 12.2 Å². The third-order valence-electron chi connectivity index (χ3n) is 2.38. The Balaban J connectivity index is 2.14. The Hall–Kier alpha value is -2.09. The van der Waals surface area contributed by atoms with Gasteiger partial charge >= 0.3 is 0 Å². The predicted octanol–water partition coefficient (Wildman–Crippen LogP) is 2.51. The second kappa shape index (κ2) is 4.62. The van der Waals surface area contributed by atoms with Crippen molar-refractivity contribution < 1.29 is 4.79 Å². The van der Waals surface area contributed by atoms with Gasteiger partial charge in [-0.25, -0.2) is 0 Å². The number of rotatable bonds is 1. The van der Waals surface area contributed by atoms with Crippen LogP contribution in [0.3, 0.4) is 0 Å². The lowest BCUT2D eigenvalue weighted by Crippen LogP contribution is -2.03. The largest absolute Gasteiger partial charge is 0.357 e. The highest BCUT2D eigenvalue weighted by atomic mass is 16.1. The number of carbonyl (C=O) groups excluding carboxylic acids is 1. The highest BCUT2D eigenvalue weighted by molar-refractivity contribution is 6.07. The van der Waals surface area contributed by atoms with Gasteiger partial charge in [-0.2, -0.15) is 0 Å². The topological polar surface area (TPSA) is 20.3 Å². The van der Waals surface area contributed by atoms with Crippen molar-refractivity contribution in [3.8, 4) is 0 Å². The summed E-state index contributed by atoms with van der Waals surface area (Å²) in [6, 6.07) is 0. The fraction of sp³-hybridized carbons (Fsp3) is 0.0714. The first-order valence-electron chi connectivity index (χ1n) is 5.15. The van der Waals surface area contributed by atoms with Crippen molar-refractivity contribution in [2.24, 2.45) is 0 Å². The van der Waals surface area contributed by atoms with Crippen LogP contribution in [0, 0.1) is 0 Å². The minimum Gasteiger partial charge on any atom is -0.357 e. The summed E-state index contributed by atoms with van der Waals surface area (Å²) in [4.78, 5) is 13.4. The molecule has 0 aromatic heterocycles. The van der Waals surface area contributed by atoms with Crippen LogP contribution < -0.4 is 0 Å². The standard InChI is InChI=1S/C14H13NO/c1-15-10-8-12(9-11-15)6-7-13-4-2-3-5-14(13)16/h2-11H,1H3. The SMILES string of the molecule is CN1C=CC(=CC=C2C=CC=CC2=O)C=C1. The summed E-state index contributed by atoms with van der Waals surface area (Å²) >= 11 is 0. The van der Waals surface area contributed by atoms with Crippen LogP contribution in [0.15, 0.2) is 72.2 Å². The van der Waals surface area contributed by atoms with E-state index in [1.807, 2.05) is 60.8 Å². The molecule has 1 aliphatic heterocycles. The van der Waals surface area contributed by atoms with E-state index in [1.165, 1.54) is 0 Å². The quantitative estimate of drug-likeness (QED) is 0.621. The third-order valence-corrected chi connectivity index (χ3v) is 2.38. The summed E-state index contributed by atoms with van der Waals surface area (Å²) in [5.41, 5.74) is 1.80. The molecule has 0 aromatic carbocycles. The van der Waals surface area contributed by atoms with E-state index in [0.29, 0.717) is 0 Å². The van der Waals surface area contributed by atoms with Crippen LogP contribution in [0.4, 0.5) is 0 Å². The number of ketones is 1. The maximum absolute atomic E-state index is 11.4. The lowest BCUT2D eigenvalue weighted by atomic mass is 10.0. The molecule has 0 spiro atoms. The fourth-order valence-electron chi connectivity index (χ4n) is 1.43. The molecule has 2 aliphatic rings. The van der Waals surface area contributed by atoms with Gasteiger partial charge in [0.1, 0.15) is 0 Å². The average molecular weight is 211 g/mol. The molecular weight excluding hydrogens is 198 g/mol. The highest BCUT2D eigenvalue weighted by Gasteiger charge is 2.03. The van der Waals surface area contributed by atoms with Gasteiger partial charge in [0.05, 0.1) is 0 Å². The summed E-state index contributed by atoms with van der Waals surface area (Å²) in [5.74, 6) is 0.0558. The van der Waals surface area contributed by atoms with Gasteiger partial charge in [-0.1, -0.05) is 30.4 Å². The first-order valence-corrected chi connectivity index (χ1v) is 5.15. The molecule has 0 aromatic rings. The van der Waals surface area contributed by atoms with Gasteiger partial charge in [0.2, 0.25) is 0 Å². The molecule has 0 bridgehead atoms. The predicted molar refractivity (Wildman–Crippen MR) is 65.5 cm³/mol. The monoisotopic (exact) mass is 211 g/mol. The van der Waals surface area contributed by atoms with Crippen molar-refractivity contribution in [2.75, 3.05) is 7.05 Å². The van der Waals surface area contributed by atoms with Crippen molar-refractivity contribution >= 4 is 5.78 Å². The smallest absolute Gasteiger partial charge is 0.185 e. The lowest BCUT2D eigenvalue weighted by molar-refractivity contribution is -0.111. The molecule has 0 saturated carbocycles. The molecule has 1 heterocycles. The summed E-state index contributed by atoms with van der Waals surface area (Å²) in [6.07, 6.45) is 18.8. The van der Waals surface area contributed by atoms with Gasteiger partial charge in [0.15, 0.2) is 5.78 Å². The summed E-state index contributed by atoms with van der Waals surface area (Å²) in [5, 5.41) is 0. The molecule has 2 heteroatoms. The molecule has 2 rings (SSSR count). The van der Waals surface area contributed by atoms with Crippen LogP contribution >= 0.6 is 0 Å². The minimum atomic E-state index is 0.0558. The van der Waals surface area contributed by atoms with Crippen molar-refractivity contribution in [1.29, 1.82) is 0 Å². The molecule has 16 heavy (non-hydrogen) atoms. The van der Waals surface area contributed by atoms with Crippen molar-refractivity contribution in [3.05, 3.63) is 72.2 Å². The summed E-state index contributed by atoms with van der Waals surface area (Å²) in [6.45, 7) is 0. The highest BCUT2D eigenvalue weighted by Crippen LogP contribution is 2.11. The molecule has 2 nitrogen and oxygen atoms in total. The second-order valence-corrected chi connectivity index (χ2v) is 3.67. The third kappa shape index (κ3) is 2.48. The number of carbonyl (C=O) groups is 1. The zero-order valence-electron chi connectivity index (χ0n) is 9.13. The van der Waals surface area contributed by atoms with Gasteiger partial charge in [-0.15, -0.1) is 0 Å². The van der Waals surface area contributed by atoms with Crippen LogP contribution in [0.1, 0.15) is 0 Å². The van der Waals surface area contributed by atoms with Gasteiger partial charge in [-0.3, -0.25) is 4.79 Å². The zero-order valence-corrected chi connectivity index (χ0v) is 9.13. The number of nitrogens with zero attached hydrogens (tertiary/aromatic N) is 1. The molecule has 0 unspecified atom stereocenters. The Morgan fingerprint density at radius 3 is 2.38 bits per heavy atom. The minimum absolute atomic E-state index is 0.0558. The fourth-order valence-corrected chi connectivity index (χ4v) is 1.43. The van der Waals surface area contributed by atoms with E-state index in [2.05, 4.69) is 0 Å². The molecule has 0 amide bonds. The Morgan fingerprint density at radius 2 is 1.69 bits per heavy atom. The van der Waals surface area contributed by atoms with E-state index >= 15 is 0 Å². The van der Waals surface area contributed by atoms with E-state index in [0.717, 1.165) is 11.1 Å². The molecule has 80 valence electrons. The summed E-state index contributed by atoms with van der Waals surface area (Å²) in [7, 11) is 1.97. The average Bonchev–Trinajstić information content (AvgIpc) is 2.30. The van der Waals surface area contributed by atoms with Crippen LogP contribution in [0.25, 0.3) is 0 Å². The molecule has 1 aliphatic carbocycles. The first kappa shape index (κ1) is 10.4. The number of hydrogen-bond donors (Lipinski definition) is 0. The second-order valence-electron chi connectivity index (χ2n) is 3.67. The van der Waals surface area contributed by atoms with Crippen molar-refractivity contribution in [1.82, 2.24) is 4.90 Å². The van der Waals surface area contributed by atoms with Crippen molar-refractivity contribution in [2.45, 2.75) is 0 Å². The molecule has 0 atom stereocenters. The molecule has 0 saturated heterocycles. The maximum atomic E-state index is 11.4. The Labute approximate surface area is 95.3 Å². The van der Waals surface area contributed by atoms with Crippen LogP contribution in [-0.2, 0) is 4.79 Å². The van der Waals surface area contributed by atoms with Crippen LogP contribution in [0.5, 0.6) is 0 Å². The van der Waals surface area contributed by atoms with Crippen molar-refractivity contribution in [3.63, 3.8) is 0 Å². The van der Waals surface area contributed by atoms with E-state index < -0.39 is 0 Å². The maximum Gasteiger partial charge on any atom is 0.185 e. The molecular formula is C14H13NO. The number of hydrogen-bond acceptors (Lipinski definition) is 2. The van der Waals surface area contributed by atoms with Gasteiger partial charge in [-0.05, 0) is 23.8 Å². The zero-order chi connectivity index (χ0) is 11.4. The van der Waals surface area contributed by atoms with Gasteiger partial charge in [0.25, 0.3) is 0 Å². The van der Waals surface area contributed by atoms with E-state index in [-0.39, 0.29) is 5.78 Å². The first-order chi connectivity index (χ1) is 7.75. The molecule has 0 radical (unpaired) electrons. The van der Waals surface area contributed by atoms with E-state index in [4.69, 9.17) is 0 Å². The Morgan fingerprint density at radius 1 is 1.00 bits per heavy atom.